The Bertz CT molecular complexity index is 3740. The van der Waals surface area contributed by atoms with Gasteiger partial charge in [-0.25, -0.2) is 0 Å². The second-order valence-electron chi connectivity index (χ2n) is 16.1. The van der Waals surface area contributed by atoms with Crippen LogP contribution in [0.1, 0.15) is 0 Å². The van der Waals surface area contributed by atoms with E-state index >= 15 is 0 Å². The third-order valence-corrected chi connectivity index (χ3v) is 12.6. The molecule has 0 unspecified atom stereocenters. The molecule has 0 bridgehead atoms. The summed E-state index contributed by atoms with van der Waals surface area (Å²) < 4.78 is 15.0. The Hall–Kier alpha value is -8.34. The van der Waals surface area contributed by atoms with Gasteiger partial charge in [0.15, 0.2) is 11.5 Å². The summed E-state index contributed by atoms with van der Waals surface area (Å²) >= 11 is 0. The number of benzene rings is 10. The molecular formula is C58H36N2O2. The van der Waals surface area contributed by atoms with Crippen LogP contribution in [-0.2, 0) is 0 Å². The standard InChI is InChI=1S/C58H36N2O2/c1-2-16-44-38(12-1)13-10-19-45(44)40-14-9-15-43(34-40)59(42-30-26-37(27-31-42)39-29-33-55-50(35-39)47-18-4-7-23-54(47)61-55)51-21-5-3-17-46(51)41-28-32-52-49(36-41)48-20-11-25-57-58(48)60(52)53-22-6-8-24-56(53)62-57/h1-36H. The normalized spacial score (nSPS) is 12.0. The third-order valence-electron chi connectivity index (χ3n) is 12.6. The molecule has 10 aromatic carbocycles. The molecule has 0 saturated heterocycles. The molecule has 0 fully saturated rings. The molecule has 4 heteroatoms. The van der Waals surface area contributed by atoms with E-state index < -0.39 is 0 Å². The van der Waals surface area contributed by atoms with Gasteiger partial charge in [-0.3, -0.25) is 0 Å². The fraction of sp³-hybridized carbons (Fsp3) is 0. The molecular weight excluding hydrogens is 757 g/mol. The number of furan rings is 1. The van der Waals surface area contributed by atoms with Crippen LogP contribution >= 0.6 is 0 Å². The van der Waals surface area contributed by atoms with Gasteiger partial charge in [-0.15, -0.1) is 0 Å². The van der Waals surface area contributed by atoms with E-state index in [0.717, 1.165) is 95.0 Å². The van der Waals surface area contributed by atoms with Crippen molar-refractivity contribution in [2.75, 3.05) is 4.90 Å². The average Bonchev–Trinajstić information content (AvgIpc) is 3.88. The molecule has 0 atom stereocenters. The van der Waals surface area contributed by atoms with Gasteiger partial charge < -0.3 is 18.6 Å². The highest BCUT2D eigenvalue weighted by Crippen LogP contribution is 2.48. The zero-order chi connectivity index (χ0) is 40.7. The first-order chi connectivity index (χ1) is 30.7. The second-order valence-corrected chi connectivity index (χ2v) is 16.1. The average molecular weight is 793 g/mol. The quantitative estimate of drug-likeness (QED) is 0.168. The SMILES string of the molecule is c1cc(-c2cccc3ccccc23)cc(N(c2ccc(-c3ccc4oc5ccccc5c4c3)cc2)c2ccccc2-c2ccc3c(c2)c2cccc4c2n3-c2ccccc2O4)c1. The summed E-state index contributed by atoms with van der Waals surface area (Å²) in [6.07, 6.45) is 0. The van der Waals surface area contributed by atoms with Crippen molar-refractivity contribution in [3.63, 3.8) is 0 Å². The number of para-hydroxylation sites is 5. The minimum Gasteiger partial charge on any atom is -0.456 e. The number of hydrogen-bond acceptors (Lipinski definition) is 3. The molecule has 12 aromatic rings. The molecule has 0 amide bonds. The molecule has 0 aliphatic carbocycles. The predicted molar refractivity (Wildman–Crippen MR) is 257 cm³/mol. The van der Waals surface area contributed by atoms with E-state index in [1.165, 1.54) is 27.1 Å². The summed E-state index contributed by atoms with van der Waals surface area (Å²) in [6, 6.07) is 78.2. The number of ether oxygens (including phenoxy) is 1. The maximum atomic E-state index is 6.44. The van der Waals surface area contributed by atoms with Gasteiger partial charge in [0.05, 0.1) is 22.4 Å². The first-order valence-corrected chi connectivity index (χ1v) is 21.1. The van der Waals surface area contributed by atoms with E-state index in [1.807, 2.05) is 24.3 Å². The van der Waals surface area contributed by atoms with Gasteiger partial charge in [0.1, 0.15) is 11.2 Å². The topological polar surface area (TPSA) is 30.5 Å². The van der Waals surface area contributed by atoms with Crippen molar-refractivity contribution in [2.45, 2.75) is 0 Å². The molecule has 0 N–H and O–H groups in total. The zero-order valence-corrected chi connectivity index (χ0v) is 33.5. The highest BCUT2D eigenvalue weighted by Gasteiger charge is 2.25. The first kappa shape index (κ1) is 34.5. The number of rotatable bonds is 6. The highest BCUT2D eigenvalue weighted by atomic mass is 16.5. The molecule has 1 aliphatic rings. The summed E-state index contributed by atoms with van der Waals surface area (Å²) in [4.78, 5) is 2.41. The van der Waals surface area contributed by atoms with Crippen molar-refractivity contribution in [3.8, 4) is 50.6 Å². The van der Waals surface area contributed by atoms with E-state index in [2.05, 4.69) is 204 Å². The summed E-state index contributed by atoms with van der Waals surface area (Å²) in [5.74, 6) is 1.74. The maximum absolute atomic E-state index is 6.44. The van der Waals surface area contributed by atoms with Crippen LogP contribution in [-0.4, -0.2) is 4.57 Å². The van der Waals surface area contributed by atoms with Gasteiger partial charge in [0, 0.05) is 38.5 Å². The number of fused-ring (bicyclic) bond motifs is 9. The summed E-state index contributed by atoms with van der Waals surface area (Å²) in [5.41, 5.74) is 15.3. The Kier molecular flexibility index (Phi) is 7.57. The highest BCUT2D eigenvalue weighted by molar-refractivity contribution is 6.13. The summed E-state index contributed by atoms with van der Waals surface area (Å²) in [7, 11) is 0. The monoisotopic (exact) mass is 792 g/mol. The fourth-order valence-corrected chi connectivity index (χ4v) is 9.72. The van der Waals surface area contributed by atoms with Crippen molar-refractivity contribution in [2.24, 2.45) is 0 Å². The van der Waals surface area contributed by atoms with Crippen LogP contribution in [0.25, 0.3) is 93.6 Å². The van der Waals surface area contributed by atoms with E-state index in [-0.39, 0.29) is 0 Å². The van der Waals surface area contributed by atoms with Gasteiger partial charge in [-0.05, 0) is 117 Å². The molecule has 0 spiro atoms. The van der Waals surface area contributed by atoms with Gasteiger partial charge in [-0.1, -0.05) is 140 Å². The Morgan fingerprint density at radius 1 is 0.371 bits per heavy atom. The van der Waals surface area contributed by atoms with Crippen LogP contribution in [0, 0.1) is 0 Å². The Labute approximate surface area is 357 Å². The van der Waals surface area contributed by atoms with Crippen molar-refractivity contribution < 1.29 is 9.15 Å². The minimum absolute atomic E-state index is 0.863. The minimum atomic E-state index is 0.863. The zero-order valence-electron chi connectivity index (χ0n) is 33.5. The predicted octanol–water partition coefficient (Wildman–Crippen LogP) is 16.4. The Balaban J connectivity index is 0.981. The van der Waals surface area contributed by atoms with Crippen molar-refractivity contribution >= 4 is 71.6 Å². The maximum Gasteiger partial charge on any atom is 0.152 e. The molecule has 2 aromatic heterocycles. The molecule has 0 radical (unpaired) electrons. The molecule has 1 aliphatic heterocycles. The van der Waals surface area contributed by atoms with E-state index in [4.69, 9.17) is 9.15 Å². The van der Waals surface area contributed by atoms with Crippen LogP contribution in [0.4, 0.5) is 17.1 Å². The van der Waals surface area contributed by atoms with E-state index in [0.29, 0.717) is 0 Å². The molecule has 3 heterocycles. The van der Waals surface area contributed by atoms with Gasteiger partial charge >= 0.3 is 0 Å². The van der Waals surface area contributed by atoms with Gasteiger partial charge in [0.2, 0.25) is 0 Å². The lowest BCUT2D eigenvalue weighted by Gasteiger charge is -2.28. The van der Waals surface area contributed by atoms with E-state index in [1.54, 1.807) is 0 Å². The Morgan fingerprint density at radius 2 is 1.03 bits per heavy atom. The molecule has 290 valence electrons. The first-order valence-electron chi connectivity index (χ1n) is 21.1. The molecule has 13 rings (SSSR count). The number of nitrogens with zero attached hydrogens (tertiary/aromatic N) is 2. The number of anilines is 3. The van der Waals surface area contributed by atoms with Crippen LogP contribution in [0.2, 0.25) is 0 Å². The molecule has 4 nitrogen and oxygen atoms in total. The van der Waals surface area contributed by atoms with Crippen molar-refractivity contribution in [1.29, 1.82) is 0 Å². The lowest BCUT2D eigenvalue weighted by atomic mass is 9.96. The summed E-state index contributed by atoms with van der Waals surface area (Å²) in [6.45, 7) is 0. The van der Waals surface area contributed by atoms with Crippen LogP contribution in [0.5, 0.6) is 11.5 Å². The van der Waals surface area contributed by atoms with Gasteiger partial charge in [0.25, 0.3) is 0 Å². The lowest BCUT2D eigenvalue weighted by Crippen LogP contribution is -2.11. The van der Waals surface area contributed by atoms with Crippen molar-refractivity contribution in [1.82, 2.24) is 4.57 Å². The molecule has 0 saturated carbocycles. The van der Waals surface area contributed by atoms with Crippen molar-refractivity contribution in [3.05, 3.63) is 218 Å². The van der Waals surface area contributed by atoms with Crippen LogP contribution in [0.3, 0.4) is 0 Å². The number of aromatic nitrogens is 1. The largest absolute Gasteiger partial charge is 0.456 e. The fourth-order valence-electron chi connectivity index (χ4n) is 9.72. The van der Waals surface area contributed by atoms with E-state index in [9.17, 15) is 0 Å². The third kappa shape index (κ3) is 5.33. The number of hydrogen-bond donors (Lipinski definition) is 0. The van der Waals surface area contributed by atoms with Gasteiger partial charge in [-0.2, -0.15) is 0 Å². The Morgan fingerprint density at radius 3 is 1.98 bits per heavy atom. The van der Waals surface area contributed by atoms with Crippen LogP contribution < -0.4 is 9.64 Å². The summed E-state index contributed by atoms with van der Waals surface area (Å²) in [5, 5.41) is 7.07. The second kappa shape index (κ2) is 13.6. The lowest BCUT2D eigenvalue weighted by molar-refractivity contribution is 0.476. The molecule has 62 heavy (non-hydrogen) atoms. The van der Waals surface area contributed by atoms with Crippen LogP contribution in [0.15, 0.2) is 223 Å². The smallest absolute Gasteiger partial charge is 0.152 e.